The molecule has 0 aliphatic carbocycles. The van der Waals surface area contributed by atoms with Crippen molar-refractivity contribution in [2.24, 2.45) is 5.73 Å². The second-order valence-electron chi connectivity index (χ2n) is 6.12. The molecule has 0 aliphatic heterocycles. The van der Waals surface area contributed by atoms with Crippen LogP contribution in [0.1, 0.15) is 12.7 Å². The number of fused-ring (bicyclic) bond motifs is 1. The quantitative estimate of drug-likeness (QED) is 0.588. The highest BCUT2D eigenvalue weighted by molar-refractivity contribution is 5.81. The molecule has 1 aromatic heterocycles. The van der Waals surface area contributed by atoms with Gasteiger partial charge in [0, 0.05) is 12.6 Å². The predicted octanol–water partition coefficient (Wildman–Crippen LogP) is 1.92. The van der Waals surface area contributed by atoms with Crippen LogP contribution in [0.4, 0.5) is 4.39 Å². The summed E-state index contributed by atoms with van der Waals surface area (Å²) in [6.45, 7) is 2.04. The number of amides is 1. The first kappa shape index (κ1) is 18.8. The van der Waals surface area contributed by atoms with Crippen molar-refractivity contribution >= 4 is 16.9 Å². The SMILES string of the molecule is C[C@H](N)C(=O)NCc1nc2ccc(Oc3ccc(F)cc3)cc2n1CCO. The Morgan fingerprint density at radius 3 is 2.67 bits per heavy atom. The fourth-order valence-electron chi connectivity index (χ4n) is 2.67. The molecule has 142 valence electrons. The Morgan fingerprint density at radius 1 is 1.30 bits per heavy atom. The lowest BCUT2D eigenvalue weighted by molar-refractivity contribution is -0.122. The maximum atomic E-state index is 13.0. The number of nitrogens with two attached hydrogens (primary N) is 1. The number of nitrogens with zero attached hydrogens (tertiary/aromatic N) is 2. The summed E-state index contributed by atoms with van der Waals surface area (Å²) in [4.78, 5) is 16.2. The average molecular weight is 372 g/mol. The third kappa shape index (κ3) is 4.42. The lowest BCUT2D eigenvalue weighted by Gasteiger charge is -2.10. The Bertz CT molecular complexity index is 938. The molecule has 8 heteroatoms. The summed E-state index contributed by atoms with van der Waals surface area (Å²) >= 11 is 0. The number of nitrogens with one attached hydrogen (secondary N) is 1. The van der Waals surface area contributed by atoms with Crippen LogP contribution in [0.3, 0.4) is 0 Å². The van der Waals surface area contributed by atoms with Crippen LogP contribution in [-0.2, 0) is 17.9 Å². The molecule has 0 radical (unpaired) electrons. The number of hydrogen-bond donors (Lipinski definition) is 3. The van der Waals surface area contributed by atoms with Crippen LogP contribution in [0.5, 0.6) is 11.5 Å². The van der Waals surface area contributed by atoms with Gasteiger partial charge in [-0.2, -0.15) is 0 Å². The van der Waals surface area contributed by atoms with Gasteiger partial charge in [-0.3, -0.25) is 4.79 Å². The van der Waals surface area contributed by atoms with Gasteiger partial charge in [0.05, 0.1) is 30.2 Å². The normalized spacial score (nSPS) is 12.1. The van der Waals surface area contributed by atoms with Crippen molar-refractivity contribution in [2.75, 3.05) is 6.61 Å². The van der Waals surface area contributed by atoms with Crippen LogP contribution in [0, 0.1) is 5.82 Å². The maximum absolute atomic E-state index is 13.0. The maximum Gasteiger partial charge on any atom is 0.237 e. The molecule has 0 bridgehead atoms. The van der Waals surface area contributed by atoms with Gasteiger partial charge in [0.15, 0.2) is 0 Å². The number of carbonyl (C=O) groups excluding carboxylic acids is 1. The fourth-order valence-corrected chi connectivity index (χ4v) is 2.67. The van der Waals surface area contributed by atoms with Crippen LogP contribution >= 0.6 is 0 Å². The van der Waals surface area contributed by atoms with E-state index in [1.807, 2.05) is 4.57 Å². The summed E-state index contributed by atoms with van der Waals surface area (Å²) in [6, 6.07) is 10.4. The molecular formula is C19H21FN4O3. The van der Waals surface area contributed by atoms with E-state index in [4.69, 9.17) is 10.5 Å². The second-order valence-corrected chi connectivity index (χ2v) is 6.12. The third-order valence-electron chi connectivity index (χ3n) is 4.01. The molecule has 2 aromatic carbocycles. The molecule has 0 aliphatic rings. The minimum atomic E-state index is -0.614. The first-order valence-corrected chi connectivity index (χ1v) is 8.54. The van der Waals surface area contributed by atoms with E-state index in [2.05, 4.69) is 10.3 Å². The van der Waals surface area contributed by atoms with Gasteiger partial charge in [-0.1, -0.05) is 0 Å². The number of carbonyl (C=O) groups is 1. The van der Waals surface area contributed by atoms with Crippen LogP contribution in [0.15, 0.2) is 42.5 Å². The van der Waals surface area contributed by atoms with Gasteiger partial charge in [-0.05, 0) is 43.3 Å². The van der Waals surface area contributed by atoms with E-state index < -0.39 is 6.04 Å². The molecule has 4 N–H and O–H groups in total. The van der Waals surface area contributed by atoms with Crippen molar-refractivity contribution in [2.45, 2.75) is 26.1 Å². The number of aromatic nitrogens is 2. The Labute approximate surface area is 155 Å². The van der Waals surface area contributed by atoms with Gasteiger partial charge in [0.25, 0.3) is 0 Å². The number of ether oxygens (including phenoxy) is 1. The summed E-state index contributed by atoms with van der Waals surface area (Å²) < 4.78 is 20.6. The van der Waals surface area contributed by atoms with Gasteiger partial charge >= 0.3 is 0 Å². The zero-order chi connectivity index (χ0) is 19.4. The average Bonchev–Trinajstić information content (AvgIpc) is 2.99. The van der Waals surface area contributed by atoms with Crippen LogP contribution in [0.2, 0.25) is 0 Å². The van der Waals surface area contributed by atoms with Crippen molar-refractivity contribution in [3.05, 3.63) is 54.1 Å². The van der Waals surface area contributed by atoms with Crippen LogP contribution < -0.4 is 15.8 Å². The zero-order valence-electron chi connectivity index (χ0n) is 14.9. The van der Waals surface area contributed by atoms with Crippen molar-refractivity contribution in [3.8, 4) is 11.5 Å². The molecule has 3 rings (SSSR count). The monoisotopic (exact) mass is 372 g/mol. The number of aliphatic hydroxyl groups is 1. The minimum Gasteiger partial charge on any atom is -0.457 e. The number of imidazole rings is 1. The summed E-state index contributed by atoms with van der Waals surface area (Å²) in [5, 5.41) is 12.1. The zero-order valence-corrected chi connectivity index (χ0v) is 14.9. The van der Waals surface area contributed by atoms with Crippen molar-refractivity contribution in [1.82, 2.24) is 14.9 Å². The molecule has 0 saturated heterocycles. The standard InChI is InChI=1S/C19H21FN4O3/c1-12(21)19(26)22-11-18-23-16-7-6-15(10-17(16)24(18)8-9-25)27-14-4-2-13(20)3-5-14/h2-7,10,12,25H,8-9,11,21H2,1H3,(H,22,26)/t12-/m0/s1. The lowest BCUT2D eigenvalue weighted by Crippen LogP contribution is -2.38. The first-order chi connectivity index (χ1) is 13.0. The van der Waals surface area contributed by atoms with E-state index in [1.165, 1.54) is 12.1 Å². The predicted molar refractivity (Wildman–Crippen MR) is 98.8 cm³/mol. The topological polar surface area (TPSA) is 102 Å². The van der Waals surface area contributed by atoms with Crippen molar-refractivity contribution in [1.29, 1.82) is 0 Å². The van der Waals surface area contributed by atoms with Gasteiger partial charge < -0.3 is 25.5 Å². The largest absolute Gasteiger partial charge is 0.457 e. The molecule has 1 heterocycles. The van der Waals surface area contributed by atoms with Crippen LogP contribution in [-0.4, -0.2) is 33.2 Å². The van der Waals surface area contributed by atoms with Gasteiger partial charge in [-0.15, -0.1) is 0 Å². The molecule has 1 amide bonds. The van der Waals surface area contributed by atoms with Crippen molar-refractivity contribution in [3.63, 3.8) is 0 Å². The van der Waals surface area contributed by atoms with E-state index in [1.54, 1.807) is 37.3 Å². The minimum absolute atomic E-state index is 0.0806. The second kappa shape index (κ2) is 8.15. The highest BCUT2D eigenvalue weighted by atomic mass is 19.1. The van der Waals surface area contributed by atoms with E-state index in [-0.39, 0.29) is 24.9 Å². The Morgan fingerprint density at radius 2 is 2.00 bits per heavy atom. The molecule has 27 heavy (non-hydrogen) atoms. The lowest BCUT2D eigenvalue weighted by atomic mass is 10.3. The number of rotatable bonds is 7. The molecule has 1 atom stereocenters. The van der Waals surface area contributed by atoms with E-state index in [9.17, 15) is 14.3 Å². The Kier molecular flexibility index (Phi) is 5.68. The molecule has 3 aromatic rings. The number of hydrogen-bond acceptors (Lipinski definition) is 5. The molecule has 0 fully saturated rings. The fraction of sp³-hybridized carbons (Fsp3) is 0.263. The van der Waals surface area contributed by atoms with E-state index >= 15 is 0 Å². The Hall–Kier alpha value is -2.97. The molecular weight excluding hydrogens is 351 g/mol. The molecule has 0 unspecified atom stereocenters. The summed E-state index contributed by atoms with van der Waals surface area (Å²) in [5.74, 6) is 1.05. The number of halogens is 1. The Balaban J connectivity index is 1.88. The first-order valence-electron chi connectivity index (χ1n) is 8.54. The smallest absolute Gasteiger partial charge is 0.237 e. The summed E-state index contributed by atoms with van der Waals surface area (Å²) in [7, 11) is 0. The van der Waals surface area contributed by atoms with Gasteiger partial charge in [-0.25, -0.2) is 9.37 Å². The highest BCUT2D eigenvalue weighted by Gasteiger charge is 2.14. The van der Waals surface area contributed by atoms with Gasteiger partial charge in [0.2, 0.25) is 5.91 Å². The summed E-state index contributed by atoms with van der Waals surface area (Å²) in [5.41, 5.74) is 7.02. The molecule has 7 nitrogen and oxygen atoms in total. The number of aliphatic hydroxyl groups excluding tert-OH is 1. The van der Waals surface area contributed by atoms with Gasteiger partial charge in [0.1, 0.15) is 23.1 Å². The van der Waals surface area contributed by atoms with Crippen molar-refractivity contribution < 1.29 is 19.0 Å². The molecule has 0 saturated carbocycles. The van der Waals surface area contributed by atoms with E-state index in [0.717, 1.165) is 5.52 Å². The molecule has 0 spiro atoms. The number of benzene rings is 2. The highest BCUT2D eigenvalue weighted by Crippen LogP contribution is 2.26. The van der Waals surface area contributed by atoms with Crippen LogP contribution in [0.25, 0.3) is 11.0 Å². The third-order valence-corrected chi connectivity index (χ3v) is 4.01. The van der Waals surface area contributed by atoms with E-state index in [0.29, 0.717) is 29.4 Å². The summed E-state index contributed by atoms with van der Waals surface area (Å²) in [6.07, 6.45) is 0.